The number of halogens is 1. The van der Waals surface area contributed by atoms with Crippen LogP contribution in [0.5, 0.6) is 0 Å². The first-order chi connectivity index (χ1) is 6.47. The first kappa shape index (κ1) is 11.3. The topological polar surface area (TPSA) is 20.2 Å². The van der Waals surface area contributed by atoms with E-state index >= 15 is 0 Å². The minimum absolute atomic E-state index is 0.343. The van der Waals surface area contributed by atoms with Gasteiger partial charge in [0.25, 0.3) is 0 Å². The van der Waals surface area contributed by atoms with Crippen molar-refractivity contribution < 1.29 is 5.11 Å². The summed E-state index contributed by atoms with van der Waals surface area (Å²) >= 11 is 5.85. The molecule has 1 aromatic rings. The third-order valence-corrected chi connectivity index (χ3v) is 2.63. The molecule has 0 radical (unpaired) electrons. The monoisotopic (exact) mass is 210 g/mol. The first-order valence-electron chi connectivity index (χ1n) is 4.54. The SMILES string of the molecule is C=CC(C)(C)C(O)c1cccc(Cl)c1. The van der Waals surface area contributed by atoms with Gasteiger partial charge in [0.1, 0.15) is 0 Å². The van der Waals surface area contributed by atoms with E-state index in [1.165, 1.54) is 0 Å². The number of rotatable bonds is 3. The predicted octanol–water partition coefficient (Wildman–Crippen LogP) is 3.59. The largest absolute Gasteiger partial charge is 0.388 e. The van der Waals surface area contributed by atoms with Crippen molar-refractivity contribution >= 4 is 11.6 Å². The Bertz CT molecular complexity index is 331. The minimum atomic E-state index is -0.571. The summed E-state index contributed by atoms with van der Waals surface area (Å²) in [6, 6.07) is 7.26. The predicted molar refractivity (Wildman–Crippen MR) is 60.4 cm³/mol. The lowest BCUT2D eigenvalue weighted by Crippen LogP contribution is -2.18. The van der Waals surface area contributed by atoms with E-state index in [4.69, 9.17) is 11.6 Å². The summed E-state index contributed by atoms with van der Waals surface area (Å²) in [6.45, 7) is 7.58. The van der Waals surface area contributed by atoms with Gasteiger partial charge in [-0.1, -0.05) is 43.7 Å². The summed E-state index contributed by atoms with van der Waals surface area (Å²) in [5, 5.41) is 10.7. The molecule has 0 amide bonds. The first-order valence-corrected chi connectivity index (χ1v) is 4.92. The molecule has 1 rings (SSSR count). The summed E-state index contributed by atoms with van der Waals surface area (Å²) in [6.07, 6.45) is 1.18. The minimum Gasteiger partial charge on any atom is -0.388 e. The molecule has 0 aromatic heterocycles. The Morgan fingerprint density at radius 1 is 1.50 bits per heavy atom. The summed E-state index contributed by atoms with van der Waals surface area (Å²) in [5.41, 5.74) is 0.479. The van der Waals surface area contributed by atoms with Crippen molar-refractivity contribution in [2.24, 2.45) is 5.41 Å². The number of benzene rings is 1. The second kappa shape index (κ2) is 4.16. The Hall–Kier alpha value is -0.790. The Morgan fingerprint density at radius 2 is 2.14 bits per heavy atom. The van der Waals surface area contributed by atoms with E-state index in [1.54, 1.807) is 18.2 Å². The Balaban J connectivity index is 3.00. The standard InChI is InChI=1S/C12H15ClO/c1-4-12(2,3)11(14)9-6-5-7-10(13)8-9/h4-8,11,14H,1H2,2-3H3. The van der Waals surface area contributed by atoms with Gasteiger partial charge in [-0.25, -0.2) is 0 Å². The Kier molecular flexibility index (Phi) is 3.35. The molecule has 0 heterocycles. The number of hydrogen-bond acceptors (Lipinski definition) is 1. The molecule has 1 atom stereocenters. The van der Waals surface area contributed by atoms with Gasteiger partial charge in [0.05, 0.1) is 6.10 Å². The van der Waals surface area contributed by atoms with Crippen molar-refractivity contribution in [2.45, 2.75) is 20.0 Å². The molecule has 1 nitrogen and oxygen atoms in total. The van der Waals surface area contributed by atoms with Crippen LogP contribution in [-0.2, 0) is 0 Å². The van der Waals surface area contributed by atoms with Crippen LogP contribution < -0.4 is 0 Å². The average molecular weight is 211 g/mol. The van der Waals surface area contributed by atoms with Gasteiger partial charge in [-0.05, 0) is 17.7 Å². The lowest BCUT2D eigenvalue weighted by Gasteiger charge is -2.27. The van der Waals surface area contributed by atoms with Crippen LogP contribution in [0.4, 0.5) is 0 Å². The summed E-state index contributed by atoms with van der Waals surface area (Å²) in [5.74, 6) is 0. The molecule has 0 fully saturated rings. The van der Waals surface area contributed by atoms with Gasteiger partial charge in [-0.15, -0.1) is 6.58 Å². The van der Waals surface area contributed by atoms with Gasteiger partial charge in [0.15, 0.2) is 0 Å². The molecular weight excluding hydrogens is 196 g/mol. The fourth-order valence-electron chi connectivity index (χ4n) is 1.22. The van der Waals surface area contributed by atoms with E-state index in [2.05, 4.69) is 6.58 Å². The lowest BCUT2D eigenvalue weighted by molar-refractivity contribution is 0.0822. The van der Waals surface area contributed by atoms with Gasteiger partial charge in [-0.2, -0.15) is 0 Å². The smallest absolute Gasteiger partial charge is 0.0875 e. The van der Waals surface area contributed by atoms with Crippen LogP contribution in [0, 0.1) is 5.41 Å². The van der Waals surface area contributed by atoms with Gasteiger partial charge in [-0.3, -0.25) is 0 Å². The maximum atomic E-state index is 10.0. The highest BCUT2D eigenvalue weighted by Crippen LogP contribution is 2.34. The number of aliphatic hydroxyl groups is 1. The van der Waals surface area contributed by atoms with Crippen LogP contribution in [0.15, 0.2) is 36.9 Å². The van der Waals surface area contributed by atoms with Gasteiger partial charge >= 0.3 is 0 Å². The second-order valence-corrected chi connectivity index (χ2v) is 4.42. The van der Waals surface area contributed by atoms with E-state index in [9.17, 15) is 5.11 Å². The molecule has 1 unspecified atom stereocenters. The molecule has 76 valence electrons. The van der Waals surface area contributed by atoms with Crippen molar-refractivity contribution in [2.75, 3.05) is 0 Å². The maximum absolute atomic E-state index is 10.0. The van der Waals surface area contributed by atoms with Crippen LogP contribution in [0.25, 0.3) is 0 Å². The zero-order valence-corrected chi connectivity index (χ0v) is 9.25. The molecule has 1 aromatic carbocycles. The molecule has 0 aliphatic heterocycles. The van der Waals surface area contributed by atoms with Gasteiger partial charge in [0.2, 0.25) is 0 Å². The van der Waals surface area contributed by atoms with Crippen LogP contribution >= 0.6 is 11.6 Å². The molecule has 0 saturated carbocycles. The van der Waals surface area contributed by atoms with E-state index in [1.807, 2.05) is 26.0 Å². The highest BCUT2D eigenvalue weighted by atomic mass is 35.5. The highest BCUT2D eigenvalue weighted by molar-refractivity contribution is 6.30. The fraction of sp³-hybridized carbons (Fsp3) is 0.333. The second-order valence-electron chi connectivity index (χ2n) is 3.98. The quantitative estimate of drug-likeness (QED) is 0.757. The molecule has 2 heteroatoms. The van der Waals surface area contributed by atoms with Crippen LogP contribution in [0.1, 0.15) is 25.5 Å². The highest BCUT2D eigenvalue weighted by Gasteiger charge is 2.25. The molecule has 0 saturated heterocycles. The van der Waals surface area contributed by atoms with Crippen LogP contribution in [-0.4, -0.2) is 5.11 Å². The maximum Gasteiger partial charge on any atom is 0.0875 e. The third kappa shape index (κ3) is 2.37. The van der Waals surface area contributed by atoms with Crippen LogP contribution in [0.2, 0.25) is 5.02 Å². The number of hydrogen-bond donors (Lipinski definition) is 1. The summed E-state index contributed by atoms with van der Waals surface area (Å²) in [4.78, 5) is 0. The van der Waals surface area contributed by atoms with E-state index in [-0.39, 0.29) is 5.41 Å². The Labute approximate surface area is 90.0 Å². The van der Waals surface area contributed by atoms with Crippen molar-refractivity contribution in [3.63, 3.8) is 0 Å². The van der Waals surface area contributed by atoms with Crippen LogP contribution in [0.3, 0.4) is 0 Å². The van der Waals surface area contributed by atoms with E-state index in [0.717, 1.165) is 5.56 Å². The number of aliphatic hydroxyl groups excluding tert-OH is 1. The average Bonchev–Trinajstić information content (AvgIpc) is 2.16. The molecular formula is C12H15ClO. The van der Waals surface area contributed by atoms with Gasteiger partial charge in [0, 0.05) is 10.4 Å². The summed E-state index contributed by atoms with van der Waals surface area (Å²) < 4.78 is 0. The lowest BCUT2D eigenvalue weighted by atomic mass is 9.83. The van der Waals surface area contributed by atoms with Crippen molar-refractivity contribution in [1.29, 1.82) is 0 Å². The van der Waals surface area contributed by atoms with Crippen molar-refractivity contribution in [3.8, 4) is 0 Å². The van der Waals surface area contributed by atoms with Gasteiger partial charge < -0.3 is 5.11 Å². The zero-order valence-electron chi connectivity index (χ0n) is 8.50. The molecule has 0 aliphatic carbocycles. The fourth-order valence-corrected chi connectivity index (χ4v) is 1.42. The zero-order chi connectivity index (χ0) is 10.8. The molecule has 1 N–H and O–H groups in total. The normalized spacial score (nSPS) is 13.7. The van der Waals surface area contributed by atoms with E-state index < -0.39 is 6.10 Å². The van der Waals surface area contributed by atoms with Crippen molar-refractivity contribution in [3.05, 3.63) is 47.5 Å². The molecule has 0 aliphatic rings. The summed E-state index contributed by atoms with van der Waals surface area (Å²) in [7, 11) is 0. The van der Waals surface area contributed by atoms with E-state index in [0.29, 0.717) is 5.02 Å². The molecule has 14 heavy (non-hydrogen) atoms. The third-order valence-electron chi connectivity index (χ3n) is 2.40. The Morgan fingerprint density at radius 3 is 2.64 bits per heavy atom. The molecule has 0 bridgehead atoms. The molecule has 0 spiro atoms. The van der Waals surface area contributed by atoms with Crippen molar-refractivity contribution in [1.82, 2.24) is 0 Å².